The Kier molecular flexibility index (Phi) is 11.2. The van der Waals surface area contributed by atoms with Crippen LogP contribution in [0.5, 0.6) is 0 Å². The minimum atomic E-state index is 0.195. The molecule has 0 aliphatic heterocycles. The van der Waals surface area contributed by atoms with Gasteiger partial charge in [0.05, 0.1) is 0 Å². The van der Waals surface area contributed by atoms with E-state index in [-0.39, 0.29) is 26.4 Å². The Balaban J connectivity index is 0.000000325. The van der Waals surface area contributed by atoms with Crippen molar-refractivity contribution in [2.75, 3.05) is 26.4 Å². The SMILES string of the molecule is OCC1CCCCC1CO.OCCCCO. The molecule has 4 heteroatoms. The predicted molar refractivity (Wildman–Crippen MR) is 63.0 cm³/mol. The first-order valence-electron chi connectivity index (χ1n) is 6.23. The van der Waals surface area contributed by atoms with Gasteiger partial charge in [-0.1, -0.05) is 12.8 Å². The fourth-order valence-electron chi connectivity index (χ4n) is 1.99. The summed E-state index contributed by atoms with van der Waals surface area (Å²) in [4.78, 5) is 0. The lowest BCUT2D eigenvalue weighted by Crippen LogP contribution is -2.25. The van der Waals surface area contributed by atoms with Gasteiger partial charge < -0.3 is 20.4 Å². The molecule has 0 aromatic carbocycles. The smallest absolute Gasteiger partial charge is 0.0462 e. The van der Waals surface area contributed by atoms with Crippen LogP contribution in [0.3, 0.4) is 0 Å². The Morgan fingerprint density at radius 1 is 0.688 bits per heavy atom. The summed E-state index contributed by atoms with van der Waals surface area (Å²) >= 11 is 0. The maximum Gasteiger partial charge on any atom is 0.0462 e. The molecule has 0 radical (unpaired) electrons. The van der Waals surface area contributed by atoms with Crippen LogP contribution in [-0.4, -0.2) is 46.9 Å². The molecule has 4 nitrogen and oxygen atoms in total. The van der Waals surface area contributed by atoms with E-state index in [2.05, 4.69) is 0 Å². The van der Waals surface area contributed by atoms with Gasteiger partial charge in [-0.25, -0.2) is 0 Å². The Morgan fingerprint density at radius 2 is 1.06 bits per heavy atom. The maximum absolute atomic E-state index is 8.88. The first-order valence-corrected chi connectivity index (χ1v) is 6.23. The molecular formula is C12H26O4. The highest BCUT2D eigenvalue weighted by atomic mass is 16.3. The highest BCUT2D eigenvalue weighted by Crippen LogP contribution is 2.28. The maximum atomic E-state index is 8.88. The molecule has 0 saturated heterocycles. The van der Waals surface area contributed by atoms with Crippen LogP contribution in [0.25, 0.3) is 0 Å². The van der Waals surface area contributed by atoms with Crippen molar-refractivity contribution in [3.63, 3.8) is 0 Å². The molecule has 1 fully saturated rings. The van der Waals surface area contributed by atoms with Gasteiger partial charge in [-0.3, -0.25) is 0 Å². The molecule has 1 aliphatic rings. The molecule has 1 rings (SSSR count). The standard InChI is InChI=1S/C8H16O2.C4H10O2/c9-5-7-3-1-2-4-8(7)6-10;5-3-1-2-4-6/h7-10H,1-6H2;5-6H,1-4H2. The summed E-state index contributed by atoms with van der Waals surface area (Å²) in [5.41, 5.74) is 0. The molecule has 0 spiro atoms. The number of unbranched alkanes of at least 4 members (excludes halogenated alkanes) is 1. The van der Waals surface area contributed by atoms with Gasteiger partial charge in [0.1, 0.15) is 0 Å². The van der Waals surface area contributed by atoms with Crippen LogP contribution < -0.4 is 0 Å². The summed E-state index contributed by atoms with van der Waals surface area (Å²) < 4.78 is 0. The average Bonchev–Trinajstić information content (AvgIpc) is 2.36. The second-order valence-corrected chi connectivity index (χ2v) is 4.32. The monoisotopic (exact) mass is 234 g/mol. The van der Waals surface area contributed by atoms with E-state index in [1.807, 2.05) is 0 Å². The van der Waals surface area contributed by atoms with Crippen LogP contribution in [0.1, 0.15) is 38.5 Å². The van der Waals surface area contributed by atoms with Gasteiger partial charge in [0.15, 0.2) is 0 Å². The quantitative estimate of drug-likeness (QED) is 0.523. The molecule has 98 valence electrons. The van der Waals surface area contributed by atoms with Crippen molar-refractivity contribution in [3.8, 4) is 0 Å². The molecule has 16 heavy (non-hydrogen) atoms. The van der Waals surface area contributed by atoms with Gasteiger partial charge in [0, 0.05) is 26.4 Å². The number of aliphatic hydroxyl groups excluding tert-OH is 4. The van der Waals surface area contributed by atoms with Gasteiger partial charge >= 0.3 is 0 Å². The van der Waals surface area contributed by atoms with E-state index >= 15 is 0 Å². The predicted octanol–water partition coefficient (Wildman–Crippen LogP) is 0.529. The van der Waals surface area contributed by atoms with E-state index < -0.39 is 0 Å². The fourth-order valence-corrected chi connectivity index (χ4v) is 1.99. The lowest BCUT2D eigenvalue weighted by atomic mass is 9.80. The Hall–Kier alpha value is -0.160. The first-order chi connectivity index (χ1) is 7.79. The zero-order valence-corrected chi connectivity index (χ0v) is 10.0. The molecule has 2 unspecified atom stereocenters. The molecule has 0 heterocycles. The van der Waals surface area contributed by atoms with Crippen molar-refractivity contribution < 1.29 is 20.4 Å². The number of aliphatic hydroxyl groups is 4. The van der Waals surface area contributed by atoms with Crippen molar-refractivity contribution in [1.29, 1.82) is 0 Å². The zero-order chi connectivity index (χ0) is 12.2. The van der Waals surface area contributed by atoms with E-state index in [1.54, 1.807) is 0 Å². The topological polar surface area (TPSA) is 80.9 Å². The summed E-state index contributed by atoms with van der Waals surface area (Å²) in [6, 6.07) is 0. The van der Waals surface area contributed by atoms with Crippen LogP contribution in [0.15, 0.2) is 0 Å². The molecule has 1 saturated carbocycles. The summed E-state index contributed by atoms with van der Waals surface area (Å²) in [7, 11) is 0. The summed E-state index contributed by atoms with van der Waals surface area (Å²) in [5.74, 6) is 0.748. The summed E-state index contributed by atoms with van der Waals surface area (Å²) in [6.45, 7) is 0.900. The van der Waals surface area contributed by atoms with E-state index in [1.165, 1.54) is 12.8 Å². The lowest BCUT2D eigenvalue weighted by Gasteiger charge is -2.28. The third kappa shape index (κ3) is 7.17. The van der Waals surface area contributed by atoms with Crippen molar-refractivity contribution in [1.82, 2.24) is 0 Å². The van der Waals surface area contributed by atoms with E-state index in [0.717, 1.165) is 25.7 Å². The van der Waals surface area contributed by atoms with E-state index in [4.69, 9.17) is 20.4 Å². The summed E-state index contributed by atoms with van der Waals surface area (Å²) in [6.07, 6.45) is 6.08. The second-order valence-electron chi connectivity index (χ2n) is 4.32. The largest absolute Gasteiger partial charge is 0.396 e. The highest BCUT2D eigenvalue weighted by molar-refractivity contribution is 4.73. The van der Waals surface area contributed by atoms with E-state index in [0.29, 0.717) is 11.8 Å². The van der Waals surface area contributed by atoms with Gasteiger partial charge in [-0.05, 0) is 37.5 Å². The molecule has 0 aromatic heterocycles. The van der Waals surface area contributed by atoms with Crippen molar-refractivity contribution in [2.24, 2.45) is 11.8 Å². The van der Waals surface area contributed by atoms with Crippen molar-refractivity contribution in [3.05, 3.63) is 0 Å². The lowest BCUT2D eigenvalue weighted by molar-refractivity contribution is 0.0869. The van der Waals surface area contributed by atoms with Crippen molar-refractivity contribution >= 4 is 0 Å². The molecule has 0 amide bonds. The number of rotatable bonds is 5. The van der Waals surface area contributed by atoms with Gasteiger partial charge in [-0.15, -0.1) is 0 Å². The molecule has 4 N–H and O–H groups in total. The minimum absolute atomic E-state index is 0.195. The van der Waals surface area contributed by atoms with Crippen molar-refractivity contribution in [2.45, 2.75) is 38.5 Å². The van der Waals surface area contributed by atoms with Gasteiger partial charge in [-0.2, -0.15) is 0 Å². The zero-order valence-electron chi connectivity index (χ0n) is 10.0. The third-order valence-electron chi connectivity index (χ3n) is 3.10. The number of hydrogen-bond acceptors (Lipinski definition) is 4. The normalized spacial score (nSPS) is 24.8. The fraction of sp³-hybridized carbons (Fsp3) is 1.00. The minimum Gasteiger partial charge on any atom is -0.396 e. The molecule has 2 atom stereocenters. The Labute approximate surface area is 97.9 Å². The summed E-state index contributed by atoms with van der Waals surface area (Å²) in [5, 5.41) is 33.9. The molecule has 1 aliphatic carbocycles. The van der Waals surface area contributed by atoms with Gasteiger partial charge in [0.2, 0.25) is 0 Å². The van der Waals surface area contributed by atoms with Crippen LogP contribution in [0, 0.1) is 11.8 Å². The van der Waals surface area contributed by atoms with Crippen LogP contribution in [-0.2, 0) is 0 Å². The first kappa shape index (κ1) is 15.8. The van der Waals surface area contributed by atoms with E-state index in [9.17, 15) is 0 Å². The van der Waals surface area contributed by atoms with Crippen LogP contribution >= 0.6 is 0 Å². The van der Waals surface area contributed by atoms with Gasteiger partial charge in [0.25, 0.3) is 0 Å². The van der Waals surface area contributed by atoms with Crippen LogP contribution in [0.2, 0.25) is 0 Å². The third-order valence-corrected chi connectivity index (χ3v) is 3.10. The molecule has 0 bridgehead atoms. The van der Waals surface area contributed by atoms with Crippen LogP contribution in [0.4, 0.5) is 0 Å². The second kappa shape index (κ2) is 11.3. The average molecular weight is 234 g/mol. The molecule has 0 aromatic rings. The number of hydrogen-bond donors (Lipinski definition) is 4. The highest BCUT2D eigenvalue weighted by Gasteiger charge is 2.23. The Bertz CT molecular complexity index is 125. The molecular weight excluding hydrogens is 208 g/mol. The Morgan fingerprint density at radius 3 is 1.31 bits per heavy atom.